The summed E-state index contributed by atoms with van der Waals surface area (Å²) in [5.41, 5.74) is 0. The number of nitrogens with zero attached hydrogens (tertiary/aromatic N) is 3. The molecule has 0 aliphatic carbocycles. The van der Waals surface area contributed by atoms with E-state index < -0.39 is 0 Å². The molecule has 1 saturated heterocycles. The molecule has 1 fully saturated rings. The Morgan fingerprint density at radius 2 is 2.47 bits per heavy atom. The van der Waals surface area contributed by atoms with Crippen LogP contribution in [0.15, 0.2) is 4.52 Å². The summed E-state index contributed by atoms with van der Waals surface area (Å²) in [5, 5.41) is 7.38. The molecule has 0 bridgehead atoms. The third-order valence-corrected chi connectivity index (χ3v) is 2.61. The van der Waals surface area contributed by atoms with Crippen LogP contribution in [0.1, 0.15) is 25.1 Å². The first-order chi connectivity index (χ1) is 7.24. The molecule has 1 aromatic heterocycles. The first-order valence-corrected chi connectivity index (χ1v) is 5.49. The Morgan fingerprint density at radius 3 is 3.20 bits per heavy atom. The number of hydrogen-bond donors (Lipinski definition) is 1. The fourth-order valence-electron chi connectivity index (χ4n) is 1.94. The lowest BCUT2D eigenvalue weighted by Gasteiger charge is -2.20. The molecule has 1 aliphatic heterocycles. The lowest BCUT2D eigenvalue weighted by atomic mass is 10.3. The van der Waals surface area contributed by atoms with Gasteiger partial charge in [-0.1, -0.05) is 5.16 Å². The molecule has 5 nitrogen and oxygen atoms in total. The van der Waals surface area contributed by atoms with Crippen molar-refractivity contribution in [2.24, 2.45) is 0 Å². The highest BCUT2D eigenvalue weighted by Crippen LogP contribution is 2.05. The summed E-state index contributed by atoms with van der Waals surface area (Å²) < 4.78 is 4.96. The Labute approximate surface area is 89.8 Å². The van der Waals surface area contributed by atoms with Gasteiger partial charge in [-0.15, -0.1) is 0 Å². The zero-order valence-electron chi connectivity index (χ0n) is 9.36. The average molecular weight is 210 g/mol. The number of aryl methyl sites for hydroxylation is 1. The molecule has 1 aliphatic rings. The molecule has 0 saturated carbocycles. The smallest absolute Gasteiger partial charge is 0.223 e. The van der Waals surface area contributed by atoms with Crippen LogP contribution in [0.2, 0.25) is 0 Å². The molecule has 2 rings (SSSR count). The van der Waals surface area contributed by atoms with E-state index in [9.17, 15) is 0 Å². The number of rotatable bonds is 2. The van der Waals surface area contributed by atoms with Crippen molar-refractivity contribution in [2.75, 3.05) is 19.6 Å². The summed E-state index contributed by atoms with van der Waals surface area (Å²) in [6, 6.07) is 0.542. The quantitative estimate of drug-likeness (QED) is 0.773. The van der Waals surface area contributed by atoms with E-state index in [-0.39, 0.29) is 0 Å². The van der Waals surface area contributed by atoms with Gasteiger partial charge < -0.3 is 9.84 Å². The monoisotopic (exact) mass is 210 g/mol. The topological polar surface area (TPSA) is 54.2 Å². The summed E-state index contributed by atoms with van der Waals surface area (Å²) in [7, 11) is 0. The maximum atomic E-state index is 4.96. The largest absolute Gasteiger partial charge is 0.340 e. The van der Waals surface area contributed by atoms with Gasteiger partial charge >= 0.3 is 0 Å². The van der Waals surface area contributed by atoms with Crippen molar-refractivity contribution < 1.29 is 4.52 Å². The summed E-state index contributed by atoms with van der Waals surface area (Å²) >= 11 is 0. The summed E-state index contributed by atoms with van der Waals surface area (Å²) in [5.74, 6) is 1.44. The highest BCUT2D eigenvalue weighted by Gasteiger charge is 2.15. The minimum Gasteiger partial charge on any atom is -0.340 e. The van der Waals surface area contributed by atoms with Crippen molar-refractivity contribution in [3.63, 3.8) is 0 Å². The van der Waals surface area contributed by atoms with Crippen LogP contribution in [0, 0.1) is 6.92 Å². The fraction of sp³-hybridized carbons (Fsp3) is 0.800. The third-order valence-electron chi connectivity index (χ3n) is 2.61. The second-order valence-electron chi connectivity index (χ2n) is 4.17. The first kappa shape index (κ1) is 10.6. The highest BCUT2D eigenvalue weighted by molar-refractivity contribution is 4.85. The first-order valence-electron chi connectivity index (χ1n) is 5.49. The van der Waals surface area contributed by atoms with Gasteiger partial charge in [0.1, 0.15) is 0 Å². The van der Waals surface area contributed by atoms with Crippen molar-refractivity contribution in [1.29, 1.82) is 0 Å². The lowest BCUT2D eigenvalue weighted by molar-refractivity contribution is 0.253. The van der Waals surface area contributed by atoms with Gasteiger partial charge in [0, 0.05) is 19.5 Å². The normalized spacial score (nSPS) is 24.0. The van der Waals surface area contributed by atoms with E-state index in [0.29, 0.717) is 11.9 Å². The molecule has 2 heterocycles. The Balaban J connectivity index is 1.92. The minimum absolute atomic E-state index is 0.542. The summed E-state index contributed by atoms with van der Waals surface area (Å²) in [4.78, 5) is 6.59. The number of nitrogens with one attached hydrogen (secondary N) is 1. The summed E-state index contributed by atoms with van der Waals surface area (Å²) in [6.07, 6.45) is 1.18. The van der Waals surface area contributed by atoms with E-state index in [1.54, 1.807) is 0 Å². The van der Waals surface area contributed by atoms with E-state index in [0.717, 1.165) is 32.0 Å². The molecule has 1 aromatic rings. The van der Waals surface area contributed by atoms with Crippen LogP contribution in [-0.2, 0) is 6.54 Å². The highest BCUT2D eigenvalue weighted by atomic mass is 16.5. The molecular formula is C10H18N4O. The average Bonchev–Trinajstić information content (AvgIpc) is 2.46. The van der Waals surface area contributed by atoms with E-state index in [1.807, 2.05) is 6.92 Å². The molecule has 0 amide bonds. The maximum Gasteiger partial charge on any atom is 0.223 e. The molecule has 1 atom stereocenters. The van der Waals surface area contributed by atoms with Gasteiger partial charge in [-0.25, -0.2) is 0 Å². The van der Waals surface area contributed by atoms with Gasteiger partial charge in [0.15, 0.2) is 5.82 Å². The van der Waals surface area contributed by atoms with Crippen LogP contribution in [0.4, 0.5) is 0 Å². The maximum absolute atomic E-state index is 4.96. The predicted molar refractivity (Wildman–Crippen MR) is 56.4 cm³/mol. The van der Waals surface area contributed by atoms with Gasteiger partial charge in [0.2, 0.25) is 5.89 Å². The van der Waals surface area contributed by atoms with Crippen LogP contribution in [0.3, 0.4) is 0 Å². The molecule has 1 N–H and O–H groups in total. The molecule has 0 aromatic carbocycles. The van der Waals surface area contributed by atoms with Gasteiger partial charge in [-0.05, 0) is 26.4 Å². The Hall–Kier alpha value is -0.940. The standard InChI is InChI=1S/C10H18N4O/c1-8-6-14(5-3-4-11-8)7-10-12-9(2)15-13-10/h8,11H,3-7H2,1-2H3. The molecule has 1 unspecified atom stereocenters. The van der Waals surface area contributed by atoms with E-state index in [1.165, 1.54) is 6.42 Å². The SMILES string of the molecule is Cc1nc(CN2CCCNC(C)C2)no1. The lowest BCUT2D eigenvalue weighted by Crippen LogP contribution is -2.35. The van der Waals surface area contributed by atoms with Crippen molar-refractivity contribution in [2.45, 2.75) is 32.9 Å². The molecule has 0 spiro atoms. The van der Waals surface area contributed by atoms with E-state index in [2.05, 4.69) is 27.3 Å². The zero-order chi connectivity index (χ0) is 10.7. The van der Waals surface area contributed by atoms with Crippen molar-refractivity contribution >= 4 is 0 Å². The summed E-state index contributed by atoms with van der Waals surface area (Å²) in [6.45, 7) is 8.08. The molecule has 0 radical (unpaired) electrons. The van der Waals surface area contributed by atoms with Crippen LogP contribution in [0.25, 0.3) is 0 Å². The van der Waals surface area contributed by atoms with Crippen LogP contribution in [0.5, 0.6) is 0 Å². The second kappa shape index (κ2) is 4.72. The molecule has 84 valence electrons. The zero-order valence-corrected chi connectivity index (χ0v) is 9.36. The Morgan fingerprint density at radius 1 is 1.60 bits per heavy atom. The van der Waals surface area contributed by atoms with Crippen molar-refractivity contribution in [1.82, 2.24) is 20.4 Å². The van der Waals surface area contributed by atoms with Crippen molar-refractivity contribution in [3.05, 3.63) is 11.7 Å². The molecule has 5 heteroatoms. The third kappa shape index (κ3) is 3.00. The second-order valence-corrected chi connectivity index (χ2v) is 4.17. The number of hydrogen-bond acceptors (Lipinski definition) is 5. The van der Waals surface area contributed by atoms with Gasteiger partial charge in [0.05, 0.1) is 6.54 Å². The van der Waals surface area contributed by atoms with Crippen molar-refractivity contribution in [3.8, 4) is 0 Å². The fourth-order valence-corrected chi connectivity index (χ4v) is 1.94. The Bertz CT molecular complexity index is 312. The number of aromatic nitrogens is 2. The van der Waals surface area contributed by atoms with Crippen LogP contribution in [-0.4, -0.2) is 40.7 Å². The minimum atomic E-state index is 0.542. The van der Waals surface area contributed by atoms with Crippen LogP contribution >= 0.6 is 0 Å². The van der Waals surface area contributed by atoms with Gasteiger partial charge in [-0.2, -0.15) is 4.98 Å². The predicted octanol–water partition coefficient (Wildman–Crippen LogP) is 0.562. The molecule has 15 heavy (non-hydrogen) atoms. The van der Waals surface area contributed by atoms with E-state index in [4.69, 9.17) is 4.52 Å². The molecular weight excluding hydrogens is 192 g/mol. The van der Waals surface area contributed by atoms with E-state index >= 15 is 0 Å². The van der Waals surface area contributed by atoms with Gasteiger partial charge in [-0.3, -0.25) is 4.90 Å². The Kier molecular flexibility index (Phi) is 3.33. The van der Waals surface area contributed by atoms with Gasteiger partial charge in [0.25, 0.3) is 0 Å². The van der Waals surface area contributed by atoms with Crippen LogP contribution < -0.4 is 5.32 Å².